The Kier molecular flexibility index (Phi) is 2.04. The van der Waals surface area contributed by atoms with Crippen molar-refractivity contribution in [3.05, 3.63) is 0 Å². The molecule has 0 aromatic rings. The number of carbonyl (C=O) groups is 1. The highest BCUT2D eigenvalue weighted by molar-refractivity contribution is 5.87. The molecule has 17 heavy (non-hydrogen) atoms. The van der Waals surface area contributed by atoms with Gasteiger partial charge in [-0.3, -0.25) is 4.79 Å². The van der Waals surface area contributed by atoms with Crippen LogP contribution in [0.15, 0.2) is 0 Å². The first kappa shape index (κ1) is 11.7. The molecule has 0 aromatic heterocycles. The Labute approximate surface area is 104 Å². The molecule has 5 unspecified atom stereocenters. The van der Waals surface area contributed by atoms with Crippen LogP contribution in [0.4, 0.5) is 0 Å². The lowest BCUT2D eigenvalue weighted by molar-refractivity contribution is -0.145. The highest BCUT2D eigenvalue weighted by Crippen LogP contribution is 2.73. The Morgan fingerprint density at radius 3 is 2.47 bits per heavy atom. The van der Waals surface area contributed by atoms with Gasteiger partial charge in [0, 0.05) is 12.3 Å². The van der Waals surface area contributed by atoms with Gasteiger partial charge >= 0.3 is 0 Å². The molecule has 0 saturated heterocycles. The van der Waals surface area contributed by atoms with Gasteiger partial charge in [0.15, 0.2) is 0 Å². The summed E-state index contributed by atoms with van der Waals surface area (Å²) >= 11 is 0. The van der Waals surface area contributed by atoms with E-state index in [1.807, 2.05) is 6.92 Å². The first-order valence-electron chi connectivity index (χ1n) is 6.95. The SMILES string of the molecule is CC1(O)CCCC2(C)CC(=O)C3C(C12)C3(C)C. The number of aliphatic hydroxyl groups is 1. The van der Waals surface area contributed by atoms with Gasteiger partial charge < -0.3 is 5.11 Å². The van der Waals surface area contributed by atoms with Crippen LogP contribution in [0.5, 0.6) is 0 Å². The average molecular weight is 236 g/mol. The van der Waals surface area contributed by atoms with Crippen LogP contribution in [0.2, 0.25) is 0 Å². The van der Waals surface area contributed by atoms with Crippen molar-refractivity contribution < 1.29 is 9.90 Å². The number of ketones is 1. The minimum Gasteiger partial charge on any atom is -0.390 e. The Balaban J connectivity index is 2.04. The number of hydrogen-bond acceptors (Lipinski definition) is 2. The summed E-state index contributed by atoms with van der Waals surface area (Å²) in [6.07, 6.45) is 3.77. The molecule has 3 aliphatic carbocycles. The summed E-state index contributed by atoms with van der Waals surface area (Å²) in [5.74, 6) is 1.42. The summed E-state index contributed by atoms with van der Waals surface area (Å²) in [5, 5.41) is 10.7. The third kappa shape index (κ3) is 1.34. The molecule has 96 valence electrons. The molecule has 0 aromatic carbocycles. The largest absolute Gasteiger partial charge is 0.390 e. The van der Waals surface area contributed by atoms with Crippen LogP contribution in [-0.4, -0.2) is 16.5 Å². The predicted molar refractivity (Wildman–Crippen MR) is 66.5 cm³/mol. The van der Waals surface area contributed by atoms with E-state index in [2.05, 4.69) is 20.8 Å². The van der Waals surface area contributed by atoms with Gasteiger partial charge in [-0.05, 0) is 42.4 Å². The Morgan fingerprint density at radius 1 is 1.18 bits per heavy atom. The zero-order chi connectivity index (χ0) is 12.6. The van der Waals surface area contributed by atoms with Crippen molar-refractivity contribution in [2.24, 2.45) is 28.6 Å². The van der Waals surface area contributed by atoms with Crippen LogP contribution >= 0.6 is 0 Å². The fourth-order valence-electron chi connectivity index (χ4n) is 5.35. The van der Waals surface area contributed by atoms with E-state index >= 15 is 0 Å². The summed E-state index contributed by atoms with van der Waals surface area (Å²) in [7, 11) is 0. The van der Waals surface area contributed by atoms with Crippen LogP contribution in [0.3, 0.4) is 0 Å². The van der Waals surface area contributed by atoms with Crippen LogP contribution in [0.1, 0.15) is 53.4 Å². The molecule has 0 heterocycles. The van der Waals surface area contributed by atoms with Gasteiger partial charge in [0.25, 0.3) is 0 Å². The van der Waals surface area contributed by atoms with Gasteiger partial charge in [-0.25, -0.2) is 0 Å². The third-order valence-electron chi connectivity index (χ3n) is 6.05. The van der Waals surface area contributed by atoms with E-state index in [1.54, 1.807) is 0 Å². The molecule has 3 rings (SSSR count). The van der Waals surface area contributed by atoms with Crippen LogP contribution in [0, 0.1) is 28.6 Å². The molecule has 2 nitrogen and oxygen atoms in total. The number of carbonyl (C=O) groups excluding carboxylic acids is 1. The molecule has 0 aliphatic heterocycles. The summed E-state index contributed by atoms with van der Waals surface area (Å²) in [6, 6.07) is 0. The van der Waals surface area contributed by atoms with Gasteiger partial charge in [-0.1, -0.05) is 27.2 Å². The maximum Gasteiger partial charge on any atom is 0.137 e. The molecule has 5 atom stereocenters. The zero-order valence-corrected chi connectivity index (χ0v) is 11.4. The Morgan fingerprint density at radius 2 is 1.82 bits per heavy atom. The summed E-state index contributed by atoms with van der Waals surface area (Å²) in [4.78, 5) is 12.2. The second-order valence-corrected chi connectivity index (χ2v) is 7.81. The summed E-state index contributed by atoms with van der Waals surface area (Å²) in [6.45, 7) is 8.64. The molecular weight excluding hydrogens is 212 g/mol. The van der Waals surface area contributed by atoms with Crippen molar-refractivity contribution in [3.8, 4) is 0 Å². The van der Waals surface area contributed by atoms with Crippen LogP contribution in [0.25, 0.3) is 0 Å². The van der Waals surface area contributed by atoms with Crippen molar-refractivity contribution in [2.75, 3.05) is 0 Å². The summed E-state index contributed by atoms with van der Waals surface area (Å²) in [5.41, 5.74) is -0.390. The zero-order valence-electron chi connectivity index (χ0n) is 11.4. The molecule has 0 spiro atoms. The molecule has 0 bridgehead atoms. The first-order valence-corrected chi connectivity index (χ1v) is 6.95. The average Bonchev–Trinajstić information content (AvgIpc) is 2.66. The smallest absolute Gasteiger partial charge is 0.137 e. The third-order valence-corrected chi connectivity index (χ3v) is 6.05. The lowest BCUT2D eigenvalue weighted by Crippen LogP contribution is -2.52. The van der Waals surface area contributed by atoms with E-state index in [1.165, 1.54) is 0 Å². The predicted octanol–water partition coefficient (Wildman–Crippen LogP) is 2.79. The molecule has 3 fully saturated rings. The maximum absolute atomic E-state index is 12.2. The fourth-order valence-corrected chi connectivity index (χ4v) is 5.35. The fraction of sp³-hybridized carbons (Fsp3) is 0.933. The second-order valence-electron chi connectivity index (χ2n) is 7.81. The molecule has 3 aliphatic rings. The maximum atomic E-state index is 12.2. The highest BCUT2D eigenvalue weighted by Gasteiger charge is 2.73. The normalized spacial score (nSPS) is 56.1. The number of fused-ring (bicyclic) bond motifs is 3. The molecule has 1 N–H and O–H groups in total. The monoisotopic (exact) mass is 236 g/mol. The van der Waals surface area contributed by atoms with Gasteiger partial charge in [-0.2, -0.15) is 0 Å². The summed E-state index contributed by atoms with van der Waals surface area (Å²) < 4.78 is 0. The van der Waals surface area contributed by atoms with Gasteiger partial charge in [0.05, 0.1) is 5.60 Å². The number of rotatable bonds is 0. The van der Waals surface area contributed by atoms with Gasteiger partial charge in [0.1, 0.15) is 5.78 Å². The topological polar surface area (TPSA) is 37.3 Å². The first-order chi connectivity index (χ1) is 7.70. The number of Topliss-reactive ketones (excluding diaryl/α,β-unsaturated/α-hetero) is 1. The molecule has 0 amide bonds. The second kappa shape index (κ2) is 2.96. The van der Waals surface area contributed by atoms with Gasteiger partial charge in [-0.15, -0.1) is 0 Å². The molecule has 2 heteroatoms. The lowest BCUT2D eigenvalue weighted by Gasteiger charge is -2.52. The Bertz CT molecular complexity index is 382. The van der Waals surface area contributed by atoms with Crippen LogP contribution in [-0.2, 0) is 4.79 Å². The van der Waals surface area contributed by atoms with Crippen molar-refractivity contribution in [2.45, 2.75) is 59.0 Å². The van der Waals surface area contributed by atoms with Gasteiger partial charge in [0.2, 0.25) is 0 Å². The minimum absolute atomic E-state index is 0.0494. The Hall–Kier alpha value is -0.370. The highest BCUT2D eigenvalue weighted by atomic mass is 16.3. The number of hydrogen-bond donors (Lipinski definition) is 1. The van der Waals surface area contributed by atoms with Crippen molar-refractivity contribution in [1.29, 1.82) is 0 Å². The van der Waals surface area contributed by atoms with E-state index in [0.717, 1.165) is 19.3 Å². The lowest BCUT2D eigenvalue weighted by atomic mass is 9.54. The quantitative estimate of drug-likeness (QED) is 0.702. The standard InChI is InChI=1S/C15H24O2/c1-13(2)10-9(16)8-14(3)6-5-7-15(4,17)12(14)11(10)13/h10-12,17H,5-8H2,1-4H3. The van der Waals surface area contributed by atoms with Crippen LogP contribution < -0.4 is 0 Å². The van der Waals surface area contributed by atoms with Crippen molar-refractivity contribution >= 4 is 5.78 Å². The van der Waals surface area contributed by atoms with Crippen molar-refractivity contribution in [1.82, 2.24) is 0 Å². The minimum atomic E-state index is -0.565. The van der Waals surface area contributed by atoms with E-state index in [9.17, 15) is 9.90 Å². The molecular formula is C15H24O2. The molecule has 3 saturated carbocycles. The van der Waals surface area contributed by atoms with E-state index < -0.39 is 5.60 Å². The van der Waals surface area contributed by atoms with E-state index in [0.29, 0.717) is 24.0 Å². The van der Waals surface area contributed by atoms with E-state index in [-0.39, 0.29) is 16.7 Å². The van der Waals surface area contributed by atoms with Crippen molar-refractivity contribution in [3.63, 3.8) is 0 Å². The van der Waals surface area contributed by atoms with E-state index in [4.69, 9.17) is 0 Å². The molecule has 0 radical (unpaired) electrons.